The fourth-order valence-electron chi connectivity index (χ4n) is 0.819. The van der Waals surface area contributed by atoms with Crippen LogP contribution in [0, 0.1) is 0 Å². The van der Waals surface area contributed by atoms with E-state index in [1.165, 1.54) is 0 Å². The molecule has 2 aromatic rings. The summed E-state index contributed by atoms with van der Waals surface area (Å²) in [5.74, 6) is 0.373. The van der Waals surface area contributed by atoms with Gasteiger partial charge < -0.3 is 0 Å². The van der Waals surface area contributed by atoms with Crippen LogP contribution < -0.4 is 0 Å². The summed E-state index contributed by atoms with van der Waals surface area (Å²) in [6.45, 7) is 0. The van der Waals surface area contributed by atoms with Crippen LogP contribution in [0.5, 0.6) is 0 Å². The van der Waals surface area contributed by atoms with Crippen molar-refractivity contribution in [3.8, 4) is 0 Å². The average molecular weight is 175 g/mol. The van der Waals surface area contributed by atoms with Crippen LogP contribution in [-0.4, -0.2) is 25.3 Å². The van der Waals surface area contributed by atoms with Crippen LogP contribution >= 0.6 is 12.2 Å². The van der Waals surface area contributed by atoms with Crippen molar-refractivity contribution >= 4 is 28.7 Å². The highest BCUT2D eigenvalue weighted by molar-refractivity contribution is 7.79. The second kappa shape index (κ2) is 2.86. The molecule has 2 rings (SSSR count). The zero-order chi connectivity index (χ0) is 8.39. The molecule has 0 aromatic carbocycles. The quantitative estimate of drug-likeness (QED) is 0.595. The Bertz CT molecular complexity index is 428. The smallest absolute Gasteiger partial charge is 0.181 e. The third-order valence-electron chi connectivity index (χ3n) is 1.32. The number of hydrogen-bond donors (Lipinski definition) is 0. The Kier molecular flexibility index (Phi) is 1.71. The van der Waals surface area contributed by atoms with Crippen LogP contribution in [0.15, 0.2) is 18.6 Å². The first-order valence-corrected chi connectivity index (χ1v) is 3.63. The molecule has 57 valence electrons. The molecule has 0 aliphatic heterocycles. The normalized spacial score (nSPS) is 10.0. The topological polar surface area (TPSA) is 51.6 Å². The van der Waals surface area contributed by atoms with Gasteiger partial charge in [0.15, 0.2) is 11.5 Å². The molecule has 4 nitrogen and oxygen atoms in total. The van der Waals surface area contributed by atoms with E-state index in [4.69, 9.17) is 0 Å². The number of hydrogen-bond acceptors (Lipinski definition) is 5. The van der Waals surface area contributed by atoms with E-state index in [0.717, 1.165) is 0 Å². The van der Waals surface area contributed by atoms with E-state index in [1.54, 1.807) is 18.6 Å². The molecule has 0 amide bonds. The monoisotopic (exact) mass is 175 g/mol. The van der Waals surface area contributed by atoms with Crippen molar-refractivity contribution in [2.24, 2.45) is 0 Å². The Morgan fingerprint density at radius 3 is 2.83 bits per heavy atom. The molecule has 0 N–H and O–H groups in total. The third kappa shape index (κ3) is 1.14. The van der Waals surface area contributed by atoms with Gasteiger partial charge in [0.1, 0.15) is 10.9 Å². The van der Waals surface area contributed by atoms with Crippen molar-refractivity contribution in [3.63, 3.8) is 0 Å². The van der Waals surface area contributed by atoms with Crippen molar-refractivity contribution in [2.45, 2.75) is 0 Å². The van der Waals surface area contributed by atoms with Crippen molar-refractivity contribution in [3.05, 3.63) is 24.4 Å². The highest BCUT2D eigenvalue weighted by Gasteiger charge is 1.97. The SMILES string of the molecule is S=[C]c1ncc2nccnc2n1. The minimum atomic E-state index is 0.373. The maximum atomic E-state index is 4.56. The van der Waals surface area contributed by atoms with Crippen molar-refractivity contribution in [1.29, 1.82) is 0 Å². The van der Waals surface area contributed by atoms with Gasteiger partial charge in [-0.3, -0.25) is 0 Å². The molecule has 0 saturated carbocycles. The Morgan fingerprint density at radius 2 is 2.00 bits per heavy atom. The Balaban J connectivity index is 2.75. The summed E-state index contributed by atoms with van der Waals surface area (Å²) in [5, 5.41) is 2.41. The Hall–Kier alpha value is -1.49. The molecule has 1 radical (unpaired) electrons. The third-order valence-corrected chi connectivity index (χ3v) is 1.50. The van der Waals surface area contributed by atoms with E-state index in [0.29, 0.717) is 17.0 Å². The summed E-state index contributed by atoms with van der Waals surface area (Å²) in [6, 6.07) is 0. The van der Waals surface area contributed by atoms with Gasteiger partial charge in [-0.05, 0) is 0 Å². The first-order chi connectivity index (χ1) is 5.90. The zero-order valence-corrected chi connectivity index (χ0v) is 6.75. The first kappa shape index (κ1) is 7.17. The molecule has 5 heteroatoms. The predicted octanol–water partition coefficient (Wildman–Crippen LogP) is 0.645. The molecule has 0 fully saturated rings. The minimum absolute atomic E-state index is 0.373. The predicted molar refractivity (Wildman–Crippen MR) is 46.8 cm³/mol. The summed E-state index contributed by atoms with van der Waals surface area (Å²) >= 11 is 4.56. The van der Waals surface area contributed by atoms with E-state index in [1.807, 2.05) is 0 Å². The fraction of sp³-hybridized carbons (Fsp3) is 0. The largest absolute Gasteiger partial charge is 0.250 e. The second-order valence-electron chi connectivity index (χ2n) is 2.06. The Morgan fingerprint density at radius 1 is 1.17 bits per heavy atom. The van der Waals surface area contributed by atoms with Crippen molar-refractivity contribution in [2.75, 3.05) is 0 Å². The molecular formula is C7H3N4S. The highest BCUT2D eigenvalue weighted by Crippen LogP contribution is 2.01. The maximum Gasteiger partial charge on any atom is 0.181 e. The van der Waals surface area contributed by atoms with Gasteiger partial charge in [0.05, 0.1) is 6.20 Å². The zero-order valence-electron chi connectivity index (χ0n) is 5.93. The van der Waals surface area contributed by atoms with Gasteiger partial charge in [-0.25, -0.2) is 19.9 Å². The van der Waals surface area contributed by atoms with Gasteiger partial charge in [0.25, 0.3) is 0 Å². The molecule has 2 aromatic heterocycles. The second-order valence-corrected chi connectivity index (χ2v) is 2.26. The van der Waals surface area contributed by atoms with Crippen LogP contribution in [-0.2, 0) is 0 Å². The summed E-state index contributed by atoms with van der Waals surface area (Å²) in [5.41, 5.74) is 1.20. The number of nitrogens with zero attached hydrogens (tertiary/aromatic N) is 4. The van der Waals surface area contributed by atoms with Crippen LogP contribution in [0.3, 0.4) is 0 Å². The Labute approximate surface area is 73.7 Å². The van der Waals surface area contributed by atoms with Crippen LogP contribution in [0.2, 0.25) is 0 Å². The fourth-order valence-corrected chi connectivity index (χ4v) is 0.918. The minimum Gasteiger partial charge on any atom is -0.250 e. The lowest BCUT2D eigenvalue weighted by Gasteiger charge is -1.93. The maximum absolute atomic E-state index is 4.56. The molecule has 0 aliphatic carbocycles. The van der Waals surface area contributed by atoms with E-state index >= 15 is 0 Å². The molecule has 0 unspecified atom stereocenters. The molecule has 0 bridgehead atoms. The van der Waals surface area contributed by atoms with E-state index in [2.05, 4.69) is 37.5 Å². The average Bonchev–Trinajstić information content (AvgIpc) is 2.17. The lowest BCUT2D eigenvalue weighted by atomic mass is 10.5. The molecule has 0 atom stereocenters. The van der Waals surface area contributed by atoms with Gasteiger partial charge in [-0.1, -0.05) is 12.2 Å². The van der Waals surface area contributed by atoms with Crippen molar-refractivity contribution in [1.82, 2.24) is 19.9 Å². The number of fused-ring (bicyclic) bond motifs is 1. The molecule has 0 spiro atoms. The van der Waals surface area contributed by atoms with Crippen LogP contribution in [0.1, 0.15) is 5.82 Å². The summed E-state index contributed by atoms with van der Waals surface area (Å²) in [7, 11) is 0. The standard InChI is InChI=1S/C7H3N4S/c12-4-6-10-3-5-7(11-6)9-2-1-8-5/h1-3H. The summed E-state index contributed by atoms with van der Waals surface area (Å²) < 4.78 is 0. The van der Waals surface area contributed by atoms with Gasteiger partial charge in [-0.15, -0.1) is 0 Å². The van der Waals surface area contributed by atoms with Gasteiger partial charge in [0.2, 0.25) is 0 Å². The first-order valence-electron chi connectivity index (χ1n) is 3.22. The van der Waals surface area contributed by atoms with E-state index < -0.39 is 0 Å². The van der Waals surface area contributed by atoms with Gasteiger partial charge in [0, 0.05) is 12.4 Å². The van der Waals surface area contributed by atoms with E-state index in [-0.39, 0.29) is 0 Å². The lowest BCUT2D eigenvalue weighted by Crippen LogP contribution is -1.94. The van der Waals surface area contributed by atoms with Crippen molar-refractivity contribution < 1.29 is 0 Å². The van der Waals surface area contributed by atoms with Gasteiger partial charge >= 0.3 is 0 Å². The van der Waals surface area contributed by atoms with E-state index in [9.17, 15) is 0 Å². The number of thiocarbonyl (C=S) groups is 1. The molecule has 12 heavy (non-hydrogen) atoms. The lowest BCUT2D eigenvalue weighted by molar-refractivity contribution is 1.13. The summed E-state index contributed by atoms with van der Waals surface area (Å²) in [6.07, 6.45) is 4.74. The highest BCUT2D eigenvalue weighted by atomic mass is 32.1. The number of aromatic nitrogens is 4. The van der Waals surface area contributed by atoms with Gasteiger partial charge in [-0.2, -0.15) is 0 Å². The van der Waals surface area contributed by atoms with Crippen LogP contribution in [0.25, 0.3) is 11.2 Å². The van der Waals surface area contributed by atoms with Crippen LogP contribution in [0.4, 0.5) is 0 Å². The molecule has 0 aliphatic rings. The molecule has 2 heterocycles. The molecular weight excluding hydrogens is 172 g/mol. The summed E-state index contributed by atoms with van der Waals surface area (Å²) in [4.78, 5) is 15.9. The molecule has 0 saturated heterocycles. The number of rotatable bonds is 1.